The highest BCUT2D eigenvalue weighted by molar-refractivity contribution is 9.10. The van der Waals surface area contributed by atoms with E-state index in [0.717, 1.165) is 29.7 Å². The first-order valence-corrected chi connectivity index (χ1v) is 10.3. The molecule has 0 saturated carbocycles. The average molecular weight is 444 g/mol. The summed E-state index contributed by atoms with van der Waals surface area (Å²) in [7, 11) is 2.17. The molecule has 2 heterocycles. The number of halogens is 1. The van der Waals surface area contributed by atoms with Crippen LogP contribution in [0.25, 0.3) is 0 Å². The van der Waals surface area contributed by atoms with E-state index in [9.17, 15) is 4.79 Å². The van der Waals surface area contributed by atoms with Crippen LogP contribution in [0.3, 0.4) is 0 Å². The second-order valence-electron chi connectivity index (χ2n) is 7.42. The maximum atomic E-state index is 12.7. The van der Waals surface area contributed by atoms with Gasteiger partial charge in [0.15, 0.2) is 5.11 Å². The van der Waals surface area contributed by atoms with Crippen LogP contribution in [0.15, 0.2) is 46.9 Å². The van der Waals surface area contributed by atoms with Gasteiger partial charge < -0.3 is 9.80 Å². The lowest BCUT2D eigenvalue weighted by Crippen LogP contribution is -2.51. The molecule has 2 aliphatic rings. The van der Waals surface area contributed by atoms with E-state index in [1.807, 2.05) is 12.1 Å². The molecule has 0 aliphatic carbocycles. The maximum absolute atomic E-state index is 12.7. The zero-order valence-electron chi connectivity index (χ0n) is 15.4. The van der Waals surface area contributed by atoms with Gasteiger partial charge in [0, 0.05) is 34.2 Å². The molecule has 6 heteroatoms. The van der Waals surface area contributed by atoms with Gasteiger partial charge in [-0.15, -0.1) is 0 Å². The van der Waals surface area contributed by atoms with E-state index in [1.54, 1.807) is 12.1 Å². The molecule has 0 unspecified atom stereocenters. The molecule has 0 radical (unpaired) electrons. The number of nitrogens with zero attached hydrogens (tertiary/aromatic N) is 2. The maximum Gasteiger partial charge on any atom is 0.257 e. The number of thiocarbonyl (C=S) groups is 1. The van der Waals surface area contributed by atoms with Gasteiger partial charge in [0.2, 0.25) is 0 Å². The Balaban J connectivity index is 1.61. The number of hydrogen-bond acceptors (Lipinski definition) is 3. The summed E-state index contributed by atoms with van der Waals surface area (Å²) < 4.78 is 0.944. The van der Waals surface area contributed by atoms with Gasteiger partial charge in [0.25, 0.3) is 5.91 Å². The number of anilines is 1. The van der Waals surface area contributed by atoms with Crippen molar-refractivity contribution in [2.75, 3.05) is 25.0 Å². The minimum Gasteiger partial charge on any atom is -0.315 e. The van der Waals surface area contributed by atoms with Gasteiger partial charge in [-0.25, -0.2) is 0 Å². The number of likely N-dealkylation sites (tertiary alicyclic amines) is 1. The molecule has 140 valence electrons. The molecule has 4 rings (SSSR count). The van der Waals surface area contributed by atoms with Gasteiger partial charge in [0.05, 0.1) is 0 Å². The Morgan fingerprint density at radius 3 is 2.70 bits per heavy atom. The van der Waals surface area contributed by atoms with Crippen molar-refractivity contribution in [2.45, 2.75) is 25.3 Å². The first kappa shape index (κ1) is 18.6. The minimum atomic E-state index is -0.169. The third kappa shape index (κ3) is 3.53. The zero-order chi connectivity index (χ0) is 19.1. The van der Waals surface area contributed by atoms with Crippen LogP contribution < -0.4 is 10.2 Å². The Morgan fingerprint density at radius 2 is 1.96 bits per heavy atom. The number of piperidine rings is 1. The van der Waals surface area contributed by atoms with Gasteiger partial charge in [-0.05, 0) is 75.1 Å². The standard InChI is InChI=1S/C21H22BrN3OS/c1-13-3-8-18-16(11-13)17-12-24(2)10-9-19(17)25(18)21(27)23-20(26)14-4-6-15(22)7-5-14/h3-8,11,17,19H,9-10,12H2,1-2H3,(H,23,26,27)/t17-,19-/m0/s1. The monoisotopic (exact) mass is 443 g/mol. The Bertz CT molecular complexity index is 899. The summed E-state index contributed by atoms with van der Waals surface area (Å²) >= 11 is 9.09. The Kier molecular flexibility index (Phi) is 5.05. The molecular formula is C21H22BrN3OS. The molecule has 1 N–H and O–H groups in total. The fourth-order valence-corrected chi connectivity index (χ4v) is 4.77. The predicted molar refractivity (Wildman–Crippen MR) is 117 cm³/mol. The van der Waals surface area contributed by atoms with Crippen LogP contribution in [-0.2, 0) is 0 Å². The third-order valence-electron chi connectivity index (χ3n) is 5.50. The SMILES string of the molecule is Cc1ccc2c(c1)[C@@H]1CN(C)CC[C@@H]1N2C(=S)NC(=O)c1ccc(Br)cc1. The van der Waals surface area contributed by atoms with Crippen LogP contribution in [0.2, 0.25) is 0 Å². The van der Waals surface area contributed by atoms with Crippen molar-refractivity contribution < 1.29 is 4.79 Å². The highest BCUT2D eigenvalue weighted by Gasteiger charge is 2.43. The van der Waals surface area contributed by atoms with E-state index in [4.69, 9.17) is 12.2 Å². The number of amides is 1. The number of rotatable bonds is 1. The third-order valence-corrected chi connectivity index (χ3v) is 6.33. The predicted octanol–water partition coefficient (Wildman–Crippen LogP) is 4.08. The molecule has 1 fully saturated rings. The Morgan fingerprint density at radius 1 is 1.22 bits per heavy atom. The van der Waals surface area contributed by atoms with Crippen molar-refractivity contribution in [1.82, 2.24) is 10.2 Å². The Labute approximate surface area is 173 Å². The molecule has 0 aromatic heterocycles. The minimum absolute atomic E-state index is 0.169. The van der Waals surface area contributed by atoms with Crippen LogP contribution in [0, 0.1) is 6.92 Å². The molecule has 4 nitrogen and oxygen atoms in total. The summed E-state index contributed by atoms with van der Waals surface area (Å²) in [5.74, 6) is 0.249. The lowest BCUT2D eigenvalue weighted by molar-refractivity contribution is 0.0977. The van der Waals surface area contributed by atoms with E-state index in [2.05, 4.69) is 63.2 Å². The smallest absolute Gasteiger partial charge is 0.257 e. The zero-order valence-corrected chi connectivity index (χ0v) is 17.8. The van der Waals surface area contributed by atoms with Crippen molar-refractivity contribution in [1.29, 1.82) is 0 Å². The van der Waals surface area contributed by atoms with Crippen molar-refractivity contribution >= 4 is 44.9 Å². The van der Waals surface area contributed by atoms with E-state index < -0.39 is 0 Å². The summed E-state index contributed by atoms with van der Waals surface area (Å²) in [5.41, 5.74) is 4.33. The molecule has 0 bridgehead atoms. The second-order valence-corrected chi connectivity index (χ2v) is 8.73. The van der Waals surface area contributed by atoms with Crippen molar-refractivity contribution in [2.24, 2.45) is 0 Å². The fraction of sp³-hybridized carbons (Fsp3) is 0.333. The summed E-state index contributed by atoms with van der Waals surface area (Å²) in [4.78, 5) is 17.2. The fourth-order valence-electron chi connectivity index (χ4n) is 4.18. The highest BCUT2D eigenvalue weighted by atomic mass is 79.9. The molecular weight excluding hydrogens is 422 g/mol. The number of fused-ring (bicyclic) bond motifs is 3. The van der Waals surface area contributed by atoms with Gasteiger partial charge in [-0.3, -0.25) is 10.1 Å². The van der Waals surface area contributed by atoms with Crippen LogP contribution in [0.5, 0.6) is 0 Å². The quantitative estimate of drug-likeness (QED) is 0.673. The lowest BCUT2D eigenvalue weighted by Gasteiger charge is -2.37. The molecule has 2 aromatic rings. The van der Waals surface area contributed by atoms with Crippen molar-refractivity contribution in [3.8, 4) is 0 Å². The normalized spacial score (nSPS) is 21.5. The van der Waals surface area contributed by atoms with Crippen LogP contribution in [0.1, 0.15) is 33.8 Å². The number of nitrogens with one attached hydrogen (secondary N) is 1. The number of carbonyl (C=O) groups excluding carboxylic acids is 1. The Hall–Kier alpha value is -1.76. The van der Waals surface area contributed by atoms with E-state index in [1.165, 1.54) is 11.1 Å². The number of aryl methyl sites for hydroxylation is 1. The molecule has 2 aromatic carbocycles. The molecule has 1 amide bonds. The first-order valence-electron chi connectivity index (χ1n) is 9.13. The summed E-state index contributed by atoms with van der Waals surface area (Å²) in [6, 6.07) is 14.1. The van der Waals surface area contributed by atoms with Gasteiger partial charge in [-0.1, -0.05) is 33.6 Å². The molecule has 0 spiro atoms. The van der Waals surface area contributed by atoms with Crippen molar-refractivity contribution in [3.05, 3.63) is 63.6 Å². The summed E-state index contributed by atoms with van der Waals surface area (Å²) in [6.07, 6.45) is 1.03. The molecule has 2 aliphatic heterocycles. The summed E-state index contributed by atoms with van der Waals surface area (Å²) in [6.45, 7) is 4.17. The van der Waals surface area contributed by atoms with E-state index in [-0.39, 0.29) is 5.91 Å². The second kappa shape index (κ2) is 7.34. The molecule has 27 heavy (non-hydrogen) atoms. The number of benzene rings is 2. The average Bonchev–Trinajstić information content (AvgIpc) is 2.95. The van der Waals surface area contributed by atoms with E-state index >= 15 is 0 Å². The van der Waals surface area contributed by atoms with Gasteiger partial charge >= 0.3 is 0 Å². The van der Waals surface area contributed by atoms with Gasteiger partial charge in [0.1, 0.15) is 0 Å². The van der Waals surface area contributed by atoms with Crippen molar-refractivity contribution in [3.63, 3.8) is 0 Å². The van der Waals surface area contributed by atoms with E-state index in [0.29, 0.717) is 22.6 Å². The lowest BCUT2D eigenvalue weighted by atomic mass is 9.89. The van der Waals surface area contributed by atoms with Gasteiger partial charge in [-0.2, -0.15) is 0 Å². The summed E-state index contributed by atoms with van der Waals surface area (Å²) in [5, 5.41) is 3.44. The largest absolute Gasteiger partial charge is 0.315 e. The van der Waals surface area contributed by atoms with Crippen LogP contribution in [-0.4, -0.2) is 42.1 Å². The number of hydrogen-bond donors (Lipinski definition) is 1. The number of carbonyl (C=O) groups is 1. The highest BCUT2D eigenvalue weighted by Crippen LogP contribution is 2.44. The molecule has 2 atom stereocenters. The number of likely N-dealkylation sites (N-methyl/N-ethyl adjacent to an activating group) is 1. The van der Waals surface area contributed by atoms with Crippen LogP contribution >= 0.6 is 28.1 Å². The molecule has 1 saturated heterocycles. The first-order chi connectivity index (χ1) is 12.9. The van der Waals surface area contributed by atoms with Crippen LogP contribution in [0.4, 0.5) is 5.69 Å². The topological polar surface area (TPSA) is 35.6 Å².